The van der Waals surface area contributed by atoms with Crippen LogP contribution < -0.4 is 10.2 Å². The third-order valence-electron chi connectivity index (χ3n) is 4.57. The molecule has 1 aliphatic heterocycles. The third-order valence-corrected chi connectivity index (χ3v) is 4.57. The maximum atomic E-state index is 12.7. The zero-order valence-electron chi connectivity index (χ0n) is 15.6. The molecule has 0 saturated carbocycles. The normalized spacial score (nSPS) is 14.0. The minimum atomic E-state index is -0.0595. The maximum absolute atomic E-state index is 12.7. The summed E-state index contributed by atoms with van der Waals surface area (Å²) < 4.78 is 0. The van der Waals surface area contributed by atoms with Gasteiger partial charge in [-0.2, -0.15) is 0 Å². The Morgan fingerprint density at radius 3 is 2.36 bits per heavy atom. The van der Waals surface area contributed by atoms with Crippen LogP contribution in [0.15, 0.2) is 55.1 Å². The molecule has 0 bridgehead atoms. The Hall–Kier alpha value is -3.55. The number of rotatable bonds is 4. The van der Waals surface area contributed by atoms with E-state index in [2.05, 4.69) is 30.2 Å². The van der Waals surface area contributed by atoms with E-state index >= 15 is 0 Å². The number of nitrogens with zero attached hydrogens (tertiary/aromatic N) is 6. The molecule has 1 N–H and O–H groups in total. The number of nitrogens with one attached hydrogen (secondary N) is 1. The number of hydrogen-bond acceptors (Lipinski definition) is 7. The molecule has 3 heterocycles. The van der Waals surface area contributed by atoms with E-state index in [0.29, 0.717) is 43.6 Å². The van der Waals surface area contributed by atoms with Crippen LogP contribution in [0.25, 0.3) is 0 Å². The van der Waals surface area contributed by atoms with Crippen LogP contribution in [-0.4, -0.2) is 56.9 Å². The van der Waals surface area contributed by atoms with E-state index in [-0.39, 0.29) is 5.91 Å². The van der Waals surface area contributed by atoms with E-state index in [1.165, 1.54) is 0 Å². The number of carbonyl (C=O) groups excluding carboxylic acids is 1. The summed E-state index contributed by atoms with van der Waals surface area (Å²) in [5.74, 6) is 1.11. The zero-order chi connectivity index (χ0) is 19.3. The van der Waals surface area contributed by atoms with Gasteiger partial charge in [0.05, 0.1) is 5.56 Å². The van der Waals surface area contributed by atoms with Gasteiger partial charge in [-0.3, -0.25) is 4.79 Å². The first kappa shape index (κ1) is 17.8. The van der Waals surface area contributed by atoms with Gasteiger partial charge < -0.3 is 15.1 Å². The summed E-state index contributed by atoms with van der Waals surface area (Å²) in [5, 5.41) is 3.15. The Morgan fingerprint density at radius 2 is 1.68 bits per heavy atom. The van der Waals surface area contributed by atoms with E-state index < -0.39 is 0 Å². The molecule has 1 saturated heterocycles. The lowest BCUT2D eigenvalue weighted by Crippen LogP contribution is -2.49. The highest BCUT2D eigenvalue weighted by molar-refractivity contribution is 5.93. The Morgan fingerprint density at radius 1 is 0.964 bits per heavy atom. The van der Waals surface area contributed by atoms with E-state index in [1.807, 2.05) is 36.1 Å². The van der Waals surface area contributed by atoms with Crippen molar-refractivity contribution in [1.82, 2.24) is 24.8 Å². The van der Waals surface area contributed by atoms with Gasteiger partial charge >= 0.3 is 0 Å². The predicted octanol–water partition coefficient (Wildman–Crippen LogP) is 2.28. The second kappa shape index (κ2) is 7.99. The topological polar surface area (TPSA) is 87.1 Å². The maximum Gasteiger partial charge on any atom is 0.257 e. The zero-order valence-corrected chi connectivity index (χ0v) is 15.6. The number of hydrogen-bond donors (Lipinski definition) is 1. The first-order valence-corrected chi connectivity index (χ1v) is 9.16. The molecule has 0 radical (unpaired) electrons. The van der Waals surface area contributed by atoms with Crippen LogP contribution in [0.5, 0.6) is 0 Å². The first-order chi connectivity index (χ1) is 13.7. The number of carbonyl (C=O) groups is 1. The van der Waals surface area contributed by atoms with Gasteiger partial charge in [0, 0.05) is 56.7 Å². The van der Waals surface area contributed by atoms with Crippen LogP contribution in [0.4, 0.5) is 17.6 Å². The van der Waals surface area contributed by atoms with Crippen molar-refractivity contribution in [3.63, 3.8) is 0 Å². The second-order valence-electron chi connectivity index (χ2n) is 6.62. The highest BCUT2D eigenvalue weighted by Gasteiger charge is 2.23. The van der Waals surface area contributed by atoms with Crippen molar-refractivity contribution < 1.29 is 4.79 Å². The van der Waals surface area contributed by atoms with Crippen molar-refractivity contribution in [2.45, 2.75) is 6.92 Å². The number of amides is 1. The Labute approximate surface area is 163 Å². The smallest absolute Gasteiger partial charge is 0.257 e. The fraction of sp³-hybridized carbons (Fsp3) is 0.250. The average molecular weight is 375 g/mol. The Kier molecular flexibility index (Phi) is 5.09. The van der Waals surface area contributed by atoms with Crippen molar-refractivity contribution >= 4 is 23.5 Å². The summed E-state index contributed by atoms with van der Waals surface area (Å²) in [6.45, 7) is 4.64. The number of anilines is 3. The lowest BCUT2D eigenvalue weighted by molar-refractivity contribution is 0.0745. The number of benzene rings is 1. The van der Waals surface area contributed by atoms with Crippen molar-refractivity contribution in [3.8, 4) is 0 Å². The van der Waals surface area contributed by atoms with Crippen molar-refractivity contribution in [2.24, 2.45) is 0 Å². The highest BCUT2D eigenvalue weighted by atomic mass is 16.2. The van der Waals surface area contributed by atoms with Gasteiger partial charge in [-0.15, -0.1) is 0 Å². The van der Waals surface area contributed by atoms with E-state index in [4.69, 9.17) is 0 Å². The van der Waals surface area contributed by atoms with Gasteiger partial charge in [-0.05, 0) is 30.7 Å². The van der Waals surface area contributed by atoms with E-state index in [9.17, 15) is 4.79 Å². The monoisotopic (exact) mass is 375 g/mol. The van der Waals surface area contributed by atoms with Gasteiger partial charge in [-0.25, -0.2) is 19.9 Å². The molecule has 4 rings (SSSR count). The number of aryl methyl sites for hydroxylation is 1. The lowest BCUT2D eigenvalue weighted by Gasteiger charge is -2.34. The molecular weight excluding hydrogens is 354 g/mol. The van der Waals surface area contributed by atoms with Crippen molar-refractivity contribution in [3.05, 3.63) is 66.2 Å². The number of piperazine rings is 1. The molecule has 8 nitrogen and oxygen atoms in total. The molecule has 0 spiro atoms. The van der Waals surface area contributed by atoms with Gasteiger partial charge in [0.2, 0.25) is 11.9 Å². The Balaban J connectivity index is 1.36. The van der Waals surface area contributed by atoms with Crippen LogP contribution in [0, 0.1) is 6.92 Å². The summed E-state index contributed by atoms with van der Waals surface area (Å²) in [4.78, 5) is 33.7. The first-order valence-electron chi connectivity index (χ1n) is 9.16. The van der Waals surface area contributed by atoms with Crippen LogP contribution in [0.3, 0.4) is 0 Å². The summed E-state index contributed by atoms with van der Waals surface area (Å²) in [6.07, 6.45) is 6.59. The molecule has 0 aliphatic carbocycles. The number of aromatic nitrogens is 4. The quantitative estimate of drug-likeness (QED) is 0.748. The third kappa shape index (κ3) is 4.06. The van der Waals surface area contributed by atoms with Gasteiger partial charge in [0.25, 0.3) is 5.91 Å². The van der Waals surface area contributed by atoms with Gasteiger partial charge in [-0.1, -0.05) is 12.1 Å². The van der Waals surface area contributed by atoms with Crippen LogP contribution >= 0.6 is 0 Å². The molecule has 0 unspecified atom stereocenters. The molecule has 1 aromatic carbocycles. The summed E-state index contributed by atoms with van der Waals surface area (Å²) >= 11 is 0. The fourth-order valence-corrected chi connectivity index (χ4v) is 3.10. The van der Waals surface area contributed by atoms with Crippen molar-refractivity contribution in [1.29, 1.82) is 0 Å². The molecule has 1 aliphatic rings. The molecule has 2 aromatic heterocycles. The predicted molar refractivity (Wildman–Crippen MR) is 107 cm³/mol. The second-order valence-corrected chi connectivity index (χ2v) is 6.62. The fourth-order valence-electron chi connectivity index (χ4n) is 3.10. The van der Waals surface area contributed by atoms with Crippen LogP contribution in [-0.2, 0) is 0 Å². The molecule has 142 valence electrons. The molecule has 8 heteroatoms. The molecule has 1 amide bonds. The Bertz CT molecular complexity index is 938. The SMILES string of the molecule is Cc1cccc(Nc2ncc(C(=O)N3CCN(c4ncccn4)CC3)cn2)c1. The van der Waals surface area contributed by atoms with Crippen LogP contribution in [0.2, 0.25) is 0 Å². The summed E-state index contributed by atoms with van der Waals surface area (Å²) in [7, 11) is 0. The minimum absolute atomic E-state index is 0.0595. The van der Waals surface area contributed by atoms with Gasteiger partial charge in [0.1, 0.15) is 0 Å². The molecule has 28 heavy (non-hydrogen) atoms. The summed E-state index contributed by atoms with van der Waals surface area (Å²) in [5.41, 5.74) is 2.55. The van der Waals surface area contributed by atoms with E-state index in [0.717, 1.165) is 11.3 Å². The summed E-state index contributed by atoms with van der Waals surface area (Å²) in [6, 6.07) is 9.75. The minimum Gasteiger partial charge on any atom is -0.337 e. The standard InChI is InChI=1S/C20H21N7O/c1-15-4-2-5-17(12-15)25-19-23-13-16(14-24-19)18(28)26-8-10-27(11-9-26)20-21-6-3-7-22-20/h2-7,12-14H,8-11H2,1H3,(H,23,24,25). The van der Waals surface area contributed by atoms with Crippen molar-refractivity contribution in [2.75, 3.05) is 36.4 Å². The molecule has 1 fully saturated rings. The van der Waals surface area contributed by atoms with Gasteiger partial charge in [0.15, 0.2) is 0 Å². The van der Waals surface area contributed by atoms with Crippen LogP contribution in [0.1, 0.15) is 15.9 Å². The molecule has 3 aromatic rings. The largest absolute Gasteiger partial charge is 0.337 e. The average Bonchev–Trinajstić information content (AvgIpc) is 2.75. The molecule has 0 atom stereocenters. The molecular formula is C20H21N7O. The lowest BCUT2D eigenvalue weighted by atomic mass is 10.2. The van der Waals surface area contributed by atoms with E-state index in [1.54, 1.807) is 30.9 Å². The highest BCUT2D eigenvalue weighted by Crippen LogP contribution is 2.15.